The van der Waals surface area contributed by atoms with E-state index in [2.05, 4.69) is 19.2 Å². The molecule has 0 aliphatic carbocycles. The summed E-state index contributed by atoms with van der Waals surface area (Å²) in [6.45, 7) is 5.29. The Morgan fingerprint density at radius 3 is 2.26 bits per heavy atom. The number of nitrogens with one attached hydrogen (secondary N) is 1. The number of thiophene rings is 1. The van der Waals surface area contributed by atoms with Crippen molar-refractivity contribution in [3.05, 3.63) is 77.0 Å². The lowest BCUT2D eigenvalue weighted by atomic mass is 10.1. The highest BCUT2D eigenvalue weighted by molar-refractivity contribution is 7.10. The van der Waals surface area contributed by atoms with Crippen molar-refractivity contribution in [3.63, 3.8) is 0 Å². The molecule has 1 N–H and O–H groups in total. The lowest BCUT2D eigenvalue weighted by Crippen LogP contribution is -2.46. The summed E-state index contributed by atoms with van der Waals surface area (Å²) in [5.41, 5.74) is 0.575. The lowest BCUT2D eigenvalue weighted by molar-refractivity contribution is -0.133. The maximum atomic E-state index is 13.6. The topological polar surface area (TPSA) is 61.9 Å². The van der Waals surface area contributed by atoms with Crippen LogP contribution in [0.25, 0.3) is 0 Å². The molecule has 0 saturated heterocycles. The number of para-hydroxylation sites is 1. The van der Waals surface area contributed by atoms with Gasteiger partial charge in [0.05, 0.1) is 0 Å². The third kappa shape index (κ3) is 6.82. The van der Waals surface area contributed by atoms with Crippen LogP contribution in [0.5, 0.6) is 11.5 Å². The van der Waals surface area contributed by atoms with E-state index < -0.39 is 6.04 Å². The van der Waals surface area contributed by atoms with Crippen molar-refractivity contribution in [2.75, 3.05) is 30.9 Å². The van der Waals surface area contributed by atoms with Gasteiger partial charge < -0.3 is 15.0 Å². The Hall–Kier alpha value is -2.87. The van der Waals surface area contributed by atoms with Gasteiger partial charge in [-0.2, -0.15) is 0 Å². The van der Waals surface area contributed by atoms with E-state index >= 15 is 0 Å². The predicted molar refractivity (Wildman–Crippen MR) is 139 cm³/mol. The van der Waals surface area contributed by atoms with Gasteiger partial charge in [-0.05, 0) is 47.8 Å². The molecular formula is C26H30ClN3O3S. The van der Waals surface area contributed by atoms with Crippen molar-refractivity contribution in [3.8, 4) is 11.5 Å². The van der Waals surface area contributed by atoms with E-state index in [4.69, 9.17) is 16.3 Å². The number of halogens is 1. The van der Waals surface area contributed by atoms with E-state index in [1.54, 1.807) is 36.2 Å². The predicted octanol–water partition coefficient (Wildman–Crippen LogP) is 5.31. The van der Waals surface area contributed by atoms with E-state index in [1.165, 1.54) is 16.2 Å². The zero-order valence-corrected chi connectivity index (χ0v) is 21.2. The Morgan fingerprint density at radius 2 is 1.68 bits per heavy atom. The fraction of sp³-hybridized carbons (Fsp3) is 0.308. The second-order valence-corrected chi connectivity index (χ2v) is 9.34. The van der Waals surface area contributed by atoms with Crippen LogP contribution in [0.15, 0.2) is 72.1 Å². The van der Waals surface area contributed by atoms with Gasteiger partial charge >= 0.3 is 0 Å². The number of nitrogens with zero attached hydrogens (tertiary/aromatic N) is 2. The number of hydrogen-bond acceptors (Lipinski definition) is 5. The summed E-state index contributed by atoms with van der Waals surface area (Å²) in [7, 11) is 1.76. The summed E-state index contributed by atoms with van der Waals surface area (Å²) in [6, 6.07) is 19.8. The van der Waals surface area contributed by atoms with E-state index in [1.807, 2.05) is 47.8 Å². The molecule has 0 bridgehead atoms. The van der Waals surface area contributed by atoms with Crippen LogP contribution in [0.1, 0.15) is 24.8 Å². The van der Waals surface area contributed by atoms with Crippen LogP contribution in [-0.2, 0) is 9.59 Å². The Bertz CT molecular complexity index is 1040. The summed E-state index contributed by atoms with van der Waals surface area (Å²) in [5, 5.41) is 5.22. The maximum Gasteiger partial charge on any atom is 0.251 e. The second kappa shape index (κ2) is 12.6. The van der Waals surface area contributed by atoms with Gasteiger partial charge in [-0.3, -0.25) is 14.5 Å². The first-order chi connectivity index (χ1) is 16.4. The zero-order valence-electron chi connectivity index (χ0n) is 19.6. The SMILES string of the molecule is CC(C)NCCN(C)C(=O)C(c1cccs1)N(C(=O)CCl)c1ccc(Oc2ccccc2)cc1. The monoisotopic (exact) mass is 499 g/mol. The summed E-state index contributed by atoms with van der Waals surface area (Å²) in [5.74, 6) is 0.585. The molecule has 3 aromatic rings. The normalized spacial score (nSPS) is 11.8. The van der Waals surface area contributed by atoms with Crippen LogP contribution >= 0.6 is 22.9 Å². The molecule has 34 heavy (non-hydrogen) atoms. The minimum Gasteiger partial charge on any atom is -0.457 e. The van der Waals surface area contributed by atoms with Crippen LogP contribution in [0.2, 0.25) is 0 Å². The Morgan fingerprint density at radius 1 is 1.00 bits per heavy atom. The van der Waals surface area contributed by atoms with Crippen molar-refractivity contribution in [1.29, 1.82) is 0 Å². The third-order valence-corrected chi connectivity index (χ3v) is 6.31. The summed E-state index contributed by atoms with van der Waals surface area (Å²) >= 11 is 7.43. The summed E-state index contributed by atoms with van der Waals surface area (Å²) in [6.07, 6.45) is 0. The number of hydrogen-bond donors (Lipinski definition) is 1. The summed E-state index contributed by atoms with van der Waals surface area (Å²) in [4.78, 5) is 30.6. The first-order valence-electron chi connectivity index (χ1n) is 11.1. The zero-order chi connectivity index (χ0) is 24.5. The number of rotatable bonds is 11. The number of likely N-dealkylation sites (N-methyl/N-ethyl adjacent to an activating group) is 1. The number of anilines is 1. The van der Waals surface area contributed by atoms with E-state index in [9.17, 15) is 9.59 Å². The highest BCUT2D eigenvalue weighted by atomic mass is 35.5. The average molecular weight is 500 g/mol. The first kappa shape index (κ1) is 25.7. The van der Waals surface area contributed by atoms with Crippen molar-refractivity contribution in [1.82, 2.24) is 10.2 Å². The molecule has 0 radical (unpaired) electrons. The van der Waals surface area contributed by atoms with Crippen LogP contribution in [0, 0.1) is 0 Å². The highest BCUT2D eigenvalue weighted by Crippen LogP contribution is 2.33. The number of amides is 2. The number of carbonyl (C=O) groups is 2. The van der Waals surface area contributed by atoms with Crippen LogP contribution in [0.3, 0.4) is 0 Å². The number of carbonyl (C=O) groups excluding carboxylic acids is 2. The fourth-order valence-corrected chi connectivity index (χ4v) is 4.38. The fourth-order valence-electron chi connectivity index (χ4n) is 3.45. The van der Waals surface area contributed by atoms with Crippen molar-refractivity contribution in [2.45, 2.75) is 25.9 Å². The molecule has 8 heteroatoms. The largest absolute Gasteiger partial charge is 0.457 e. The molecule has 2 amide bonds. The van der Waals surface area contributed by atoms with Crippen molar-refractivity contribution < 1.29 is 14.3 Å². The van der Waals surface area contributed by atoms with Crippen LogP contribution in [-0.4, -0.2) is 48.8 Å². The Balaban J connectivity index is 1.89. The molecule has 3 rings (SSSR count). The molecule has 6 nitrogen and oxygen atoms in total. The van der Waals surface area contributed by atoms with Crippen molar-refractivity contribution >= 4 is 40.4 Å². The van der Waals surface area contributed by atoms with Crippen LogP contribution < -0.4 is 15.0 Å². The molecule has 2 aromatic carbocycles. The molecule has 0 aliphatic heterocycles. The van der Waals surface area contributed by atoms with Crippen molar-refractivity contribution in [2.24, 2.45) is 0 Å². The van der Waals surface area contributed by atoms with E-state index in [-0.39, 0.29) is 17.7 Å². The van der Waals surface area contributed by atoms with Gasteiger partial charge in [-0.15, -0.1) is 22.9 Å². The van der Waals surface area contributed by atoms with Gasteiger partial charge in [-0.1, -0.05) is 38.1 Å². The second-order valence-electron chi connectivity index (χ2n) is 8.09. The average Bonchev–Trinajstić information content (AvgIpc) is 3.37. The smallest absolute Gasteiger partial charge is 0.251 e. The molecule has 1 atom stereocenters. The van der Waals surface area contributed by atoms with Gasteiger partial charge in [0.25, 0.3) is 5.91 Å². The number of benzene rings is 2. The number of alkyl halides is 1. The van der Waals surface area contributed by atoms with Gasteiger partial charge in [0.1, 0.15) is 23.4 Å². The van der Waals surface area contributed by atoms with E-state index in [0.29, 0.717) is 36.3 Å². The molecule has 0 fully saturated rings. The minimum atomic E-state index is -0.809. The molecule has 1 heterocycles. The molecule has 1 unspecified atom stereocenters. The van der Waals surface area contributed by atoms with Gasteiger partial charge in [0.2, 0.25) is 5.91 Å². The van der Waals surface area contributed by atoms with Gasteiger partial charge in [-0.25, -0.2) is 0 Å². The maximum absolute atomic E-state index is 13.6. The third-order valence-electron chi connectivity index (χ3n) is 5.16. The summed E-state index contributed by atoms with van der Waals surface area (Å²) < 4.78 is 5.87. The molecule has 0 saturated carbocycles. The molecule has 0 aliphatic rings. The lowest BCUT2D eigenvalue weighted by Gasteiger charge is -2.33. The molecule has 0 spiro atoms. The number of ether oxygens (including phenoxy) is 1. The van der Waals surface area contributed by atoms with Gasteiger partial charge in [0, 0.05) is 36.7 Å². The van der Waals surface area contributed by atoms with Gasteiger partial charge in [0.15, 0.2) is 0 Å². The minimum absolute atomic E-state index is 0.170. The Labute approximate surface area is 210 Å². The molecular weight excluding hydrogens is 470 g/mol. The van der Waals surface area contributed by atoms with E-state index in [0.717, 1.165) is 4.88 Å². The quantitative estimate of drug-likeness (QED) is 0.363. The standard InChI is InChI=1S/C26H30ClN3O3S/c1-19(2)28-15-16-29(3)26(32)25(23-10-7-17-34-23)30(24(31)18-27)20-11-13-22(14-12-20)33-21-8-5-4-6-9-21/h4-14,17,19,25,28H,15-16,18H2,1-3H3. The van der Waals surface area contributed by atoms with Crippen LogP contribution in [0.4, 0.5) is 5.69 Å². The first-order valence-corrected chi connectivity index (χ1v) is 12.5. The molecule has 1 aromatic heterocycles. The molecule has 180 valence electrons. The highest BCUT2D eigenvalue weighted by Gasteiger charge is 2.34. The Kier molecular flexibility index (Phi) is 9.51.